The molecule has 0 radical (unpaired) electrons. The largest absolute Gasteiger partial charge is 0.462 e. The molecule has 1 unspecified atom stereocenters. The number of esters is 3. The zero-order valence-corrected chi connectivity index (χ0v) is 37.8. The van der Waals surface area contributed by atoms with Gasteiger partial charge in [-0.3, -0.25) is 14.4 Å². The molecule has 0 amide bonds. The highest BCUT2D eigenvalue weighted by Gasteiger charge is 2.19. The molecule has 0 spiro atoms. The van der Waals surface area contributed by atoms with Gasteiger partial charge in [-0.1, -0.05) is 177 Å². The summed E-state index contributed by atoms with van der Waals surface area (Å²) in [6.45, 7) is 6.42. The number of hydrogen-bond acceptors (Lipinski definition) is 6. The van der Waals surface area contributed by atoms with Crippen LogP contribution in [0.3, 0.4) is 0 Å². The summed E-state index contributed by atoms with van der Waals surface area (Å²) < 4.78 is 16.7. The first-order chi connectivity index (χ1) is 28.5. The molecule has 0 aromatic rings. The smallest absolute Gasteiger partial charge is 0.306 e. The predicted molar refractivity (Wildman–Crippen MR) is 247 cm³/mol. The maximum absolute atomic E-state index is 12.7. The molecule has 0 bridgehead atoms. The summed E-state index contributed by atoms with van der Waals surface area (Å²) in [6.07, 6.45) is 57.3. The fourth-order valence-corrected chi connectivity index (χ4v) is 6.24. The van der Waals surface area contributed by atoms with Crippen molar-refractivity contribution >= 4 is 17.9 Å². The van der Waals surface area contributed by atoms with Crippen molar-refractivity contribution in [2.45, 2.75) is 226 Å². The van der Waals surface area contributed by atoms with Gasteiger partial charge in [-0.05, 0) is 96.3 Å². The van der Waals surface area contributed by atoms with E-state index < -0.39 is 6.10 Å². The van der Waals surface area contributed by atoms with Gasteiger partial charge in [0.1, 0.15) is 13.2 Å². The SMILES string of the molecule is CCC/C=C\C/C=C\CCCCCCCC(=O)OCC(COC(=O)CCCCCCC/C=C\C/C=C\CCCC)OC(=O)CCCCCCC/C=C\C/C=C\CCC. The van der Waals surface area contributed by atoms with E-state index in [0.29, 0.717) is 19.3 Å². The van der Waals surface area contributed by atoms with E-state index in [1.54, 1.807) is 0 Å². The summed E-state index contributed by atoms with van der Waals surface area (Å²) >= 11 is 0. The van der Waals surface area contributed by atoms with Crippen molar-refractivity contribution in [2.75, 3.05) is 13.2 Å². The van der Waals surface area contributed by atoms with Crippen LogP contribution in [0.25, 0.3) is 0 Å². The maximum Gasteiger partial charge on any atom is 0.306 e. The molecule has 332 valence electrons. The van der Waals surface area contributed by atoms with Gasteiger partial charge in [0.2, 0.25) is 0 Å². The highest BCUT2D eigenvalue weighted by Crippen LogP contribution is 2.13. The second kappa shape index (κ2) is 46.5. The van der Waals surface area contributed by atoms with Crippen LogP contribution in [0.2, 0.25) is 0 Å². The van der Waals surface area contributed by atoms with Crippen LogP contribution in [0, 0.1) is 0 Å². The Labute approximate surface area is 357 Å². The summed E-state index contributed by atoms with van der Waals surface area (Å²) in [5, 5.41) is 0. The molecule has 0 saturated heterocycles. The van der Waals surface area contributed by atoms with E-state index >= 15 is 0 Å². The van der Waals surface area contributed by atoms with Crippen LogP contribution in [-0.2, 0) is 28.6 Å². The number of ether oxygens (including phenoxy) is 3. The molecule has 0 rings (SSSR count). The van der Waals surface area contributed by atoms with Crippen LogP contribution >= 0.6 is 0 Å². The lowest BCUT2D eigenvalue weighted by molar-refractivity contribution is -0.167. The predicted octanol–water partition coefficient (Wildman–Crippen LogP) is 15.5. The first-order valence-corrected chi connectivity index (χ1v) is 23.9. The molecular formula is C52H88O6. The third-order valence-electron chi connectivity index (χ3n) is 9.87. The van der Waals surface area contributed by atoms with Gasteiger partial charge < -0.3 is 14.2 Å². The number of hydrogen-bond donors (Lipinski definition) is 0. The first-order valence-electron chi connectivity index (χ1n) is 23.9. The Hall–Kier alpha value is -3.15. The number of allylic oxidation sites excluding steroid dienone is 12. The van der Waals surface area contributed by atoms with Gasteiger partial charge in [-0.25, -0.2) is 0 Å². The molecule has 6 nitrogen and oxygen atoms in total. The maximum atomic E-state index is 12.7. The van der Waals surface area contributed by atoms with Crippen molar-refractivity contribution in [2.24, 2.45) is 0 Å². The van der Waals surface area contributed by atoms with Crippen molar-refractivity contribution in [3.05, 3.63) is 72.9 Å². The zero-order chi connectivity index (χ0) is 42.3. The molecule has 0 aliphatic rings. The van der Waals surface area contributed by atoms with Gasteiger partial charge in [0.05, 0.1) is 0 Å². The molecule has 0 aromatic carbocycles. The standard InChI is InChI=1S/C52H88O6/c1-4-7-10-13-16-19-22-25-28-30-33-36-39-42-45-51(54)57-48-49(58-52(55)46-43-40-37-34-31-27-24-21-18-15-12-9-6-3)47-56-50(53)44-41-38-35-32-29-26-23-20-17-14-11-8-5-2/h11-16,20-25,49H,4-10,17-19,26-48H2,1-3H3/b14-11-,15-12-,16-13-,23-20-,24-21-,25-22-. The Bertz CT molecular complexity index is 1110. The van der Waals surface area contributed by atoms with Crippen molar-refractivity contribution in [3.8, 4) is 0 Å². The third-order valence-corrected chi connectivity index (χ3v) is 9.87. The molecule has 0 aliphatic carbocycles. The van der Waals surface area contributed by atoms with Crippen molar-refractivity contribution in [3.63, 3.8) is 0 Å². The van der Waals surface area contributed by atoms with Crippen LogP contribution < -0.4 is 0 Å². The van der Waals surface area contributed by atoms with E-state index in [4.69, 9.17) is 14.2 Å². The van der Waals surface area contributed by atoms with E-state index in [2.05, 4.69) is 93.7 Å². The molecule has 0 aromatic heterocycles. The molecule has 58 heavy (non-hydrogen) atoms. The van der Waals surface area contributed by atoms with Gasteiger partial charge in [-0.15, -0.1) is 0 Å². The number of unbranched alkanes of at least 4 members (excludes halogenated alkanes) is 19. The molecule has 0 saturated carbocycles. The average Bonchev–Trinajstić information content (AvgIpc) is 3.22. The Morgan fingerprint density at radius 2 is 0.655 bits per heavy atom. The van der Waals surface area contributed by atoms with Crippen LogP contribution in [0.15, 0.2) is 72.9 Å². The van der Waals surface area contributed by atoms with Crippen molar-refractivity contribution in [1.29, 1.82) is 0 Å². The molecular weight excluding hydrogens is 721 g/mol. The Balaban J connectivity index is 4.45. The van der Waals surface area contributed by atoms with Crippen LogP contribution in [0.1, 0.15) is 220 Å². The second-order valence-electron chi connectivity index (χ2n) is 15.7. The summed E-state index contributed by atoms with van der Waals surface area (Å²) in [5.41, 5.74) is 0. The Kier molecular flexibility index (Phi) is 44.0. The molecule has 0 N–H and O–H groups in total. The fourth-order valence-electron chi connectivity index (χ4n) is 6.24. The topological polar surface area (TPSA) is 78.9 Å². The molecule has 0 heterocycles. The lowest BCUT2D eigenvalue weighted by Crippen LogP contribution is -2.30. The van der Waals surface area contributed by atoms with Gasteiger partial charge in [-0.2, -0.15) is 0 Å². The number of rotatable bonds is 42. The second-order valence-corrected chi connectivity index (χ2v) is 15.7. The highest BCUT2D eigenvalue weighted by atomic mass is 16.6. The molecule has 0 aliphatic heterocycles. The lowest BCUT2D eigenvalue weighted by Gasteiger charge is -2.18. The minimum Gasteiger partial charge on any atom is -0.462 e. The highest BCUT2D eigenvalue weighted by molar-refractivity contribution is 5.71. The average molecular weight is 809 g/mol. The van der Waals surface area contributed by atoms with E-state index in [-0.39, 0.29) is 31.1 Å². The van der Waals surface area contributed by atoms with Gasteiger partial charge in [0.25, 0.3) is 0 Å². The van der Waals surface area contributed by atoms with Gasteiger partial charge >= 0.3 is 17.9 Å². The summed E-state index contributed by atoms with van der Waals surface area (Å²) in [5.74, 6) is -0.939. The third kappa shape index (κ3) is 44.0. The van der Waals surface area contributed by atoms with Gasteiger partial charge in [0.15, 0.2) is 6.10 Å². The van der Waals surface area contributed by atoms with E-state index in [0.717, 1.165) is 148 Å². The summed E-state index contributed by atoms with van der Waals surface area (Å²) in [4.78, 5) is 37.8. The number of carbonyl (C=O) groups is 3. The lowest BCUT2D eigenvalue weighted by atomic mass is 10.1. The van der Waals surface area contributed by atoms with Crippen molar-refractivity contribution in [1.82, 2.24) is 0 Å². The first kappa shape index (κ1) is 54.9. The van der Waals surface area contributed by atoms with Crippen LogP contribution in [0.5, 0.6) is 0 Å². The van der Waals surface area contributed by atoms with Crippen LogP contribution in [-0.4, -0.2) is 37.2 Å². The minimum absolute atomic E-state index is 0.0939. The van der Waals surface area contributed by atoms with Crippen LogP contribution in [0.4, 0.5) is 0 Å². The molecule has 0 fully saturated rings. The van der Waals surface area contributed by atoms with Gasteiger partial charge in [0, 0.05) is 19.3 Å². The normalized spacial score (nSPS) is 12.7. The zero-order valence-electron chi connectivity index (χ0n) is 37.8. The summed E-state index contributed by atoms with van der Waals surface area (Å²) in [7, 11) is 0. The molecule has 6 heteroatoms. The Morgan fingerprint density at radius 3 is 1.02 bits per heavy atom. The fraction of sp³-hybridized carbons (Fsp3) is 0.712. The Morgan fingerprint density at radius 1 is 0.345 bits per heavy atom. The van der Waals surface area contributed by atoms with E-state index in [1.165, 1.54) is 32.1 Å². The monoisotopic (exact) mass is 809 g/mol. The van der Waals surface area contributed by atoms with E-state index in [9.17, 15) is 14.4 Å². The van der Waals surface area contributed by atoms with E-state index in [1.807, 2.05) is 0 Å². The minimum atomic E-state index is -0.793. The summed E-state index contributed by atoms with van der Waals surface area (Å²) in [6, 6.07) is 0. The number of carbonyl (C=O) groups excluding carboxylic acids is 3. The molecule has 1 atom stereocenters. The van der Waals surface area contributed by atoms with Crippen molar-refractivity contribution < 1.29 is 28.6 Å². The quantitative estimate of drug-likeness (QED) is 0.0264.